The Morgan fingerprint density at radius 3 is 2.28 bits per heavy atom. The predicted molar refractivity (Wildman–Crippen MR) is 120 cm³/mol. The fourth-order valence-corrected chi connectivity index (χ4v) is 5.06. The van der Waals surface area contributed by atoms with Gasteiger partial charge >= 0.3 is 16.1 Å². The van der Waals surface area contributed by atoms with Gasteiger partial charge in [-0.2, -0.15) is 8.42 Å². The summed E-state index contributed by atoms with van der Waals surface area (Å²) in [6.45, 7) is 1.30. The monoisotopic (exact) mass is 515 g/mol. The van der Waals surface area contributed by atoms with E-state index in [1.807, 2.05) is 6.92 Å². The van der Waals surface area contributed by atoms with Crippen LogP contribution in [0.3, 0.4) is 0 Å². The summed E-state index contributed by atoms with van der Waals surface area (Å²) in [5.74, 6) is -1.69. The fourth-order valence-electron chi connectivity index (χ4n) is 2.59. The minimum absolute atomic E-state index is 0.0342. The molecule has 3 rings (SSSR count). The molecule has 1 heterocycles. The van der Waals surface area contributed by atoms with Crippen molar-refractivity contribution in [3.05, 3.63) is 62.5 Å². The van der Waals surface area contributed by atoms with Gasteiger partial charge in [-0.15, -0.1) is 0 Å². The topological polar surface area (TPSA) is 107 Å². The summed E-state index contributed by atoms with van der Waals surface area (Å²) in [6, 6.07) is 8.70. The van der Waals surface area contributed by atoms with E-state index in [0.29, 0.717) is 17.3 Å². The molecular weight excluding hydrogens is 501 g/mol. The first kappa shape index (κ1) is 24.1. The van der Waals surface area contributed by atoms with Crippen LogP contribution in [0.25, 0.3) is 6.08 Å². The number of carbonyl (C=O) groups is 3. The molecule has 0 N–H and O–H groups in total. The normalized spacial score (nSPS) is 15.4. The molecule has 1 fully saturated rings. The van der Waals surface area contributed by atoms with Crippen molar-refractivity contribution in [3.8, 4) is 5.75 Å². The Balaban J connectivity index is 1.86. The van der Waals surface area contributed by atoms with Crippen molar-refractivity contribution in [2.45, 2.75) is 11.8 Å². The van der Waals surface area contributed by atoms with Crippen molar-refractivity contribution in [1.29, 1.82) is 0 Å². The van der Waals surface area contributed by atoms with Crippen LogP contribution in [-0.4, -0.2) is 44.1 Å². The Labute approximate surface area is 198 Å². The Morgan fingerprint density at radius 2 is 1.72 bits per heavy atom. The average molecular weight is 516 g/mol. The fraction of sp³-hybridized carbons (Fsp3) is 0.150. The number of amides is 2. The van der Waals surface area contributed by atoms with Gasteiger partial charge in [0, 0.05) is 0 Å². The standard InChI is InChI=1S/C20H15Cl2NO7S2/c1-11-3-5-13(6-4-11)32(27,28)30-18-14(21)7-12(8-15(18)22)9-16-19(25)23(20(26)31-16)10-17(24)29-2/h3-9H,10H2,1-2H3/b16-9-. The van der Waals surface area contributed by atoms with Crippen molar-refractivity contribution in [3.63, 3.8) is 0 Å². The first-order valence-electron chi connectivity index (χ1n) is 8.84. The van der Waals surface area contributed by atoms with Crippen LogP contribution in [0.1, 0.15) is 11.1 Å². The summed E-state index contributed by atoms with van der Waals surface area (Å²) in [5.41, 5.74) is 1.20. The number of benzene rings is 2. The quantitative estimate of drug-likeness (QED) is 0.318. The number of aryl methyl sites for hydroxylation is 1. The van der Waals surface area contributed by atoms with Gasteiger partial charge in [0.05, 0.1) is 22.1 Å². The number of methoxy groups -OCH3 is 1. The second-order valence-corrected chi connectivity index (χ2v) is 9.86. The third kappa shape index (κ3) is 5.26. The van der Waals surface area contributed by atoms with Crippen molar-refractivity contribution in [1.82, 2.24) is 4.90 Å². The summed E-state index contributed by atoms with van der Waals surface area (Å²) >= 11 is 13.0. The Kier molecular flexibility index (Phi) is 7.19. The van der Waals surface area contributed by atoms with Gasteiger partial charge in [-0.25, -0.2) is 0 Å². The molecule has 0 aliphatic carbocycles. The van der Waals surface area contributed by atoms with E-state index in [1.54, 1.807) is 12.1 Å². The zero-order valence-corrected chi connectivity index (χ0v) is 19.8. The van der Waals surface area contributed by atoms with E-state index < -0.39 is 33.8 Å². The van der Waals surface area contributed by atoms with Gasteiger partial charge in [-0.05, 0) is 54.6 Å². The largest absolute Gasteiger partial charge is 0.468 e. The number of esters is 1. The summed E-state index contributed by atoms with van der Waals surface area (Å²) in [6.07, 6.45) is 1.35. The Morgan fingerprint density at radius 1 is 1.12 bits per heavy atom. The number of thioether (sulfide) groups is 1. The molecule has 1 saturated heterocycles. The van der Waals surface area contributed by atoms with E-state index in [4.69, 9.17) is 27.4 Å². The molecule has 0 spiro atoms. The summed E-state index contributed by atoms with van der Waals surface area (Å²) in [7, 11) is -3.04. The highest BCUT2D eigenvalue weighted by Gasteiger charge is 2.36. The molecule has 0 atom stereocenters. The molecule has 0 bridgehead atoms. The molecule has 12 heteroatoms. The number of imide groups is 1. The first-order valence-corrected chi connectivity index (χ1v) is 11.8. The zero-order chi connectivity index (χ0) is 23.6. The molecular formula is C20H15Cl2NO7S2. The summed E-state index contributed by atoms with van der Waals surface area (Å²) < 4.78 is 34.7. The van der Waals surface area contributed by atoms with E-state index in [9.17, 15) is 22.8 Å². The van der Waals surface area contributed by atoms with Crippen LogP contribution >= 0.6 is 35.0 Å². The van der Waals surface area contributed by atoms with Crippen molar-refractivity contribution >= 4 is 68.3 Å². The highest BCUT2D eigenvalue weighted by Crippen LogP contribution is 2.38. The first-order chi connectivity index (χ1) is 15.0. The maximum Gasteiger partial charge on any atom is 0.339 e. The van der Waals surface area contributed by atoms with Crippen LogP contribution in [0.4, 0.5) is 4.79 Å². The van der Waals surface area contributed by atoms with Crippen molar-refractivity contribution in [2.24, 2.45) is 0 Å². The third-order valence-electron chi connectivity index (χ3n) is 4.21. The Hall–Kier alpha value is -2.53. The lowest BCUT2D eigenvalue weighted by Crippen LogP contribution is -2.34. The number of rotatable bonds is 6. The highest BCUT2D eigenvalue weighted by molar-refractivity contribution is 8.18. The predicted octanol–water partition coefficient (Wildman–Crippen LogP) is 4.28. The second-order valence-electron chi connectivity index (χ2n) is 6.51. The van der Waals surface area contributed by atoms with E-state index >= 15 is 0 Å². The third-order valence-corrected chi connectivity index (χ3v) is 6.91. The molecule has 32 heavy (non-hydrogen) atoms. The highest BCUT2D eigenvalue weighted by atomic mass is 35.5. The molecule has 8 nitrogen and oxygen atoms in total. The zero-order valence-electron chi connectivity index (χ0n) is 16.6. The van der Waals surface area contributed by atoms with Gasteiger partial charge in [0.15, 0.2) is 5.75 Å². The second kappa shape index (κ2) is 9.53. The number of ether oxygens (including phenoxy) is 1. The van der Waals surface area contributed by atoms with E-state index in [1.165, 1.54) is 30.3 Å². The van der Waals surface area contributed by atoms with Crippen LogP contribution in [-0.2, 0) is 24.4 Å². The van der Waals surface area contributed by atoms with E-state index in [0.717, 1.165) is 17.6 Å². The lowest BCUT2D eigenvalue weighted by atomic mass is 10.2. The van der Waals surface area contributed by atoms with Crippen LogP contribution in [0, 0.1) is 6.92 Å². The molecule has 0 unspecified atom stereocenters. The number of nitrogens with zero attached hydrogens (tertiary/aromatic N) is 1. The van der Waals surface area contributed by atoms with Gasteiger partial charge in [0.25, 0.3) is 11.1 Å². The molecule has 1 aliphatic rings. The molecule has 2 aromatic rings. The van der Waals surface area contributed by atoms with E-state index in [-0.39, 0.29) is 25.6 Å². The molecule has 0 radical (unpaired) electrons. The van der Waals surface area contributed by atoms with E-state index in [2.05, 4.69) is 4.74 Å². The van der Waals surface area contributed by atoms with Crippen molar-refractivity contribution in [2.75, 3.05) is 13.7 Å². The molecule has 2 aromatic carbocycles. The average Bonchev–Trinajstić information content (AvgIpc) is 2.98. The lowest BCUT2D eigenvalue weighted by Gasteiger charge is -2.11. The van der Waals surface area contributed by atoms with Gasteiger partial charge in [0.2, 0.25) is 0 Å². The number of halogens is 2. The Bertz CT molecular complexity index is 1220. The number of carbonyl (C=O) groups excluding carboxylic acids is 3. The maximum absolute atomic E-state index is 12.5. The lowest BCUT2D eigenvalue weighted by molar-refractivity contribution is -0.143. The van der Waals surface area contributed by atoms with Gasteiger partial charge in [-0.1, -0.05) is 40.9 Å². The maximum atomic E-state index is 12.5. The number of hydrogen-bond donors (Lipinski definition) is 0. The minimum atomic E-state index is -4.19. The smallest absolute Gasteiger partial charge is 0.339 e. The molecule has 0 aromatic heterocycles. The SMILES string of the molecule is COC(=O)CN1C(=O)S/C(=C\c2cc(Cl)c(OS(=O)(=O)c3ccc(C)cc3)c(Cl)c2)C1=O. The van der Waals surface area contributed by atoms with Gasteiger partial charge in [0.1, 0.15) is 11.4 Å². The van der Waals surface area contributed by atoms with Gasteiger partial charge < -0.3 is 8.92 Å². The van der Waals surface area contributed by atoms with Crippen LogP contribution in [0.15, 0.2) is 46.2 Å². The van der Waals surface area contributed by atoms with Crippen LogP contribution in [0.5, 0.6) is 5.75 Å². The van der Waals surface area contributed by atoms with Crippen LogP contribution < -0.4 is 4.18 Å². The summed E-state index contributed by atoms with van der Waals surface area (Å²) in [5, 5.41) is -0.866. The van der Waals surface area contributed by atoms with Crippen LogP contribution in [0.2, 0.25) is 10.0 Å². The van der Waals surface area contributed by atoms with Gasteiger partial charge in [-0.3, -0.25) is 19.3 Å². The molecule has 2 amide bonds. The van der Waals surface area contributed by atoms with Crippen molar-refractivity contribution < 1.29 is 31.7 Å². The summed E-state index contributed by atoms with van der Waals surface area (Å²) in [4.78, 5) is 36.5. The minimum Gasteiger partial charge on any atom is -0.468 e. The number of hydrogen-bond acceptors (Lipinski definition) is 8. The molecule has 0 saturated carbocycles. The molecule has 168 valence electrons. The molecule has 1 aliphatic heterocycles.